The van der Waals surface area contributed by atoms with Crippen molar-refractivity contribution in [1.29, 1.82) is 0 Å². The molecule has 4 heteroatoms. The Morgan fingerprint density at radius 2 is 2.06 bits per heavy atom. The maximum Gasteiger partial charge on any atom is 0.410 e. The number of nitrogens with one attached hydrogen (secondary N) is 1. The molecule has 2 fully saturated rings. The molecule has 1 amide bonds. The molecule has 0 radical (unpaired) electrons. The Labute approximate surface area is 104 Å². The molecule has 4 nitrogen and oxygen atoms in total. The van der Waals surface area contributed by atoms with Crippen molar-refractivity contribution in [3.63, 3.8) is 0 Å². The third-order valence-electron chi connectivity index (χ3n) is 3.77. The van der Waals surface area contributed by atoms with Crippen LogP contribution in [0.4, 0.5) is 4.79 Å². The second-order valence-corrected chi connectivity index (χ2v) is 6.58. The van der Waals surface area contributed by atoms with E-state index in [4.69, 9.17) is 4.74 Å². The first kappa shape index (κ1) is 12.7. The van der Waals surface area contributed by atoms with Gasteiger partial charge in [-0.1, -0.05) is 0 Å². The molecule has 17 heavy (non-hydrogen) atoms. The summed E-state index contributed by atoms with van der Waals surface area (Å²) in [5.41, 5.74) is 0.0574. The molecule has 0 saturated carbocycles. The van der Waals surface area contributed by atoms with Gasteiger partial charge in [-0.3, -0.25) is 0 Å². The molecule has 2 heterocycles. The standard InChI is InChI=1S/C13H24N2O2/c1-10-7-13(8-14-9-13)5-6-15(10)11(16)17-12(2,3)4/h10,14H,5-9H2,1-4H3. The van der Waals surface area contributed by atoms with E-state index < -0.39 is 5.60 Å². The van der Waals surface area contributed by atoms with E-state index in [1.165, 1.54) is 0 Å². The fourth-order valence-electron chi connectivity index (χ4n) is 2.81. The van der Waals surface area contributed by atoms with E-state index in [1.54, 1.807) is 0 Å². The second kappa shape index (κ2) is 4.16. The molecule has 2 aliphatic rings. The van der Waals surface area contributed by atoms with Gasteiger partial charge in [-0.15, -0.1) is 0 Å². The van der Waals surface area contributed by atoms with Crippen molar-refractivity contribution in [2.45, 2.75) is 52.2 Å². The minimum absolute atomic E-state index is 0.160. The maximum atomic E-state index is 12.0. The number of hydrogen-bond donors (Lipinski definition) is 1. The fourth-order valence-corrected chi connectivity index (χ4v) is 2.81. The zero-order chi connectivity index (χ0) is 12.7. The number of nitrogens with zero attached hydrogens (tertiary/aromatic N) is 1. The van der Waals surface area contributed by atoms with Crippen molar-refractivity contribution in [2.75, 3.05) is 19.6 Å². The minimum atomic E-state index is -0.399. The molecule has 98 valence electrons. The monoisotopic (exact) mass is 240 g/mol. The summed E-state index contributed by atoms with van der Waals surface area (Å²) in [4.78, 5) is 13.9. The van der Waals surface area contributed by atoms with E-state index in [0.29, 0.717) is 11.5 Å². The van der Waals surface area contributed by atoms with Gasteiger partial charge in [0.1, 0.15) is 5.60 Å². The minimum Gasteiger partial charge on any atom is -0.444 e. The molecule has 0 aromatic rings. The smallest absolute Gasteiger partial charge is 0.410 e. The lowest BCUT2D eigenvalue weighted by atomic mass is 9.71. The van der Waals surface area contributed by atoms with Gasteiger partial charge in [0.2, 0.25) is 0 Å². The summed E-state index contributed by atoms with van der Waals surface area (Å²) < 4.78 is 5.44. The summed E-state index contributed by atoms with van der Waals surface area (Å²) in [5, 5.41) is 3.34. The summed E-state index contributed by atoms with van der Waals surface area (Å²) in [6.07, 6.45) is 2.04. The van der Waals surface area contributed by atoms with E-state index in [-0.39, 0.29) is 6.09 Å². The molecule has 1 spiro atoms. The lowest BCUT2D eigenvalue weighted by Crippen LogP contribution is -2.61. The fraction of sp³-hybridized carbons (Fsp3) is 0.923. The van der Waals surface area contributed by atoms with E-state index in [0.717, 1.165) is 32.5 Å². The predicted octanol–water partition coefficient (Wildman–Crippen LogP) is 2.00. The van der Waals surface area contributed by atoms with Crippen LogP contribution in [0.25, 0.3) is 0 Å². The molecule has 1 N–H and O–H groups in total. The average molecular weight is 240 g/mol. The van der Waals surface area contributed by atoms with Gasteiger partial charge in [0, 0.05) is 25.7 Å². The second-order valence-electron chi connectivity index (χ2n) is 6.58. The van der Waals surface area contributed by atoms with Gasteiger partial charge in [0.05, 0.1) is 0 Å². The molecule has 0 aromatic heterocycles. The third kappa shape index (κ3) is 2.73. The predicted molar refractivity (Wildman–Crippen MR) is 66.9 cm³/mol. The number of rotatable bonds is 0. The summed E-state index contributed by atoms with van der Waals surface area (Å²) in [6.45, 7) is 10.9. The number of carbonyl (C=O) groups excluding carboxylic acids is 1. The number of likely N-dealkylation sites (tertiary alicyclic amines) is 1. The molecule has 0 bridgehead atoms. The SMILES string of the molecule is CC1CC2(CCN1C(=O)OC(C)(C)C)CNC2. The highest BCUT2D eigenvalue weighted by Gasteiger charge is 2.44. The summed E-state index contributed by atoms with van der Waals surface area (Å²) in [7, 11) is 0. The van der Waals surface area contributed by atoms with Crippen LogP contribution in [0.15, 0.2) is 0 Å². The molecule has 1 atom stereocenters. The highest BCUT2D eigenvalue weighted by molar-refractivity contribution is 5.68. The normalized spacial score (nSPS) is 27.8. The Hall–Kier alpha value is -0.770. The molecule has 1 unspecified atom stereocenters. The van der Waals surface area contributed by atoms with Crippen LogP contribution in [0.3, 0.4) is 0 Å². The van der Waals surface area contributed by atoms with Crippen molar-refractivity contribution >= 4 is 6.09 Å². The van der Waals surface area contributed by atoms with Gasteiger partial charge in [-0.25, -0.2) is 4.79 Å². The van der Waals surface area contributed by atoms with Crippen LogP contribution >= 0.6 is 0 Å². The van der Waals surface area contributed by atoms with Crippen molar-refractivity contribution in [3.8, 4) is 0 Å². The number of amides is 1. The van der Waals surface area contributed by atoms with Crippen LogP contribution in [0.5, 0.6) is 0 Å². The zero-order valence-corrected chi connectivity index (χ0v) is 11.4. The molecule has 2 saturated heterocycles. The maximum absolute atomic E-state index is 12.0. The molecule has 2 rings (SSSR count). The quantitative estimate of drug-likeness (QED) is 0.704. The summed E-state index contributed by atoms with van der Waals surface area (Å²) >= 11 is 0. The molecule has 0 aromatic carbocycles. The first-order valence-electron chi connectivity index (χ1n) is 6.52. The van der Waals surface area contributed by atoms with Crippen LogP contribution in [-0.2, 0) is 4.74 Å². The highest BCUT2D eigenvalue weighted by Crippen LogP contribution is 2.38. The van der Waals surface area contributed by atoms with Gasteiger partial charge in [0.15, 0.2) is 0 Å². The molecule has 2 aliphatic heterocycles. The Kier molecular flexibility index (Phi) is 3.10. The lowest BCUT2D eigenvalue weighted by molar-refractivity contribution is -0.0165. The summed E-state index contributed by atoms with van der Waals surface area (Å²) in [5.74, 6) is 0. The van der Waals surface area contributed by atoms with Crippen LogP contribution in [0.1, 0.15) is 40.5 Å². The zero-order valence-electron chi connectivity index (χ0n) is 11.4. The number of ether oxygens (including phenoxy) is 1. The van der Waals surface area contributed by atoms with E-state index in [1.807, 2.05) is 25.7 Å². The average Bonchev–Trinajstić information content (AvgIpc) is 2.12. The van der Waals surface area contributed by atoms with Gasteiger partial charge < -0.3 is 15.0 Å². The van der Waals surface area contributed by atoms with E-state index >= 15 is 0 Å². The first-order chi connectivity index (χ1) is 7.81. The van der Waals surface area contributed by atoms with Crippen LogP contribution < -0.4 is 5.32 Å². The topological polar surface area (TPSA) is 41.6 Å². The third-order valence-corrected chi connectivity index (χ3v) is 3.77. The molecular formula is C13H24N2O2. The number of carbonyl (C=O) groups is 1. The van der Waals surface area contributed by atoms with Gasteiger partial charge >= 0.3 is 6.09 Å². The van der Waals surface area contributed by atoms with Gasteiger partial charge in [-0.2, -0.15) is 0 Å². The van der Waals surface area contributed by atoms with E-state index in [9.17, 15) is 4.79 Å². The van der Waals surface area contributed by atoms with Gasteiger partial charge in [-0.05, 0) is 46.0 Å². The molecule has 0 aliphatic carbocycles. The van der Waals surface area contributed by atoms with Crippen molar-refractivity contribution in [3.05, 3.63) is 0 Å². The van der Waals surface area contributed by atoms with Gasteiger partial charge in [0.25, 0.3) is 0 Å². The Morgan fingerprint density at radius 1 is 1.41 bits per heavy atom. The highest BCUT2D eigenvalue weighted by atomic mass is 16.6. The van der Waals surface area contributed by atoms with Crippen molar-refractivity contribution < 1.29 is 9.53 Å². The summed E-state index contributed by atoms with van der Waals surface area (Å²) in [6, 6.07) is 0.292. The van der Waals surface area contributed by atoms with Crippen LogP contribution in [0.2, 0.25) is 0 Å². The van der Waals surface area contributed by atoms with Crippen molar-refractivity contribution in [1.82, 2.24) is 10.2 Å². The lowest BCUT2D eigenvalue weighted by Gasteiger charge is -2.51. The first-order valence-corrected chi connectivity index (χ1v) is 6.52. The Balaban J connectivity index is 1.92. The Bertz CT molecular complexity index is 305. The van der Waals surface area contributed by atoms with Crippen LogP contribution in [0, 0.1) is 5.41 Å². The largest absolute Gasteiger partial charge is 0.444 e. The molecular weight excluding hydrogens is 216 g/mol. The van der Waals surface area contributed by atoms with Crippen LogP contribution in [-0.4, -0.2) is 42.3 Å². The van der Waals surface area contributed by atoms with E-state index in [2.05, 4.69) is 12.2 Å². The Morgan fingerprint density at radius 3 is 2.47 bits per heavy atom. The number of hydrogen-bond acceptors (Lipinski definition) is 3. The number of piperidine rings is 1. The van der Waals surface area contributed by atoms with Crippen molar-refractivity contribution in [2.24, 2.45) is 5.41 Å².